The molecule has 0 aromatic carbocycles. The molecule has 0 bridgehead atoms. The number of rotatable bonds is 4. The molecule has 8 heteroatoms. The molecule has 4 rings (SSSR count). The van der Waals surface area contributed by atoms with Gasteiger partial charge in [-0.2, -0.15) is 0 Å². The van der Waals surface area contributed by atoms with Crippen LogP contribution in [-0.2, 0) is 10.0 Å². The summed E-state index contributed by atoms with van der Waals surface area (Å²) < 4.78 is 30.2. The maximum atomic E-state index is 12.8. The molecule has 2 saturated carbocycles. The number of nitrogens with zero attached hydrogens (tertiary/aromatic N) is 2. The average molecular weight is 346 g/mol. The Kier molecular flexibility index (Phi) is 3.12. The van der Waals surface area contributed by atoms with Gasteiger partial charge in [-0.05, 0) is 38.0 Å². The molecule has 21 heavy (non-hydrogen) atoms. The summed E-state index contributed by atoms with van der Waals surface area (Å²) in [6.45, 7) is 0. The minimum atomic E-state index is -3.66. The van der Waals surface area contributed by atoms with E-state index in [4.69, 9.17) is 11.6 Å². The SMILES string of the molecule is O=S(=O)(NC1(C2CCC2)CCC1)c1c(Cl)nc2sccn12. The predicted molar refractivity (Wildman–Crippen MR) is 82.3 cm³/mol. The highest BCUT2D eigenvalue weighted by atomic mass is 35.5. The van der Waals surface area contributed by atoms with Crippen molar-refractivity contribution in [3.63, 3.8) is 0 Å². The zero-order valence-corrected chi connectivity index (χ0v) is 13.8. The number of aromatic nitrogens is 2. The zero-order valence-electron chi connectivity index (χ0n) is 11.4. The molecule has 0 aliphatic heterocycles. The van der Waals surface area contributed by atoms with Crippen molar-refractivity contribution in [2.45, 2.75) is 49.1 Å². The average Bonchev–Trinajstić information content (AvgIpc) is 2.81. The summed E-state index contributed by atoms with van der Waals surface area (Å²) in [4.78, 5) is 4.72. The molecule has 2 aliphatic carbocycles. The number of fused-ring (bicyclic) bond motifs is 1. The summed E-state index contributed by atoms with van der Waals surface area (Å²) in [6, 6.07) is 0. The van der Waals surface area contributed by atoms with E-state index in [0.29, 0.717) is 10.9 Å². The molecular formula is C13H16ClN3O2S2. The topological polar surface area (TPSA) is 63.5 Å². The van der Waals surface area contributed by atoms with Crippen LogP contribution in [0.25, 0.3) is 4.96 Å². The summed E-state index contributed by atoms with van der Waals surface area (Å²) in [5.74, 6) is 0.477. The van der Waals surface area contributed by atoms with Gasteiger partial charge in [-0.25, -0.2) is 18.1 Å². The van der Waals surface area contributed by atoms with Crippen LogP contribution in [0.3, 0.4) is 0 Å². The fraction of sp³-hybridized carbons (Fsp3) is 0.615. The van der Waals surface area contributed by atoms with Gasteiger partial charge in [-0.15, -0.1) is 11.3 Å². The van der Waals surface area contributed by atoms with Crippen molar-refractivity contribution in [3.05, 3.63) is 16.7 Å². The molecule has 2 heterocycles. The van der Waals surface area contributed by atoms with Gasteiger partial charge in [0.2, 0.25) is 0 Å². The molecule has 0 radical (unpaired) electrons. The first-order valence-electron chi connectivity index (χ1n) is 7.17. The smallest absolute Gasteiger partial charge is 0.260 e. The van der Waals surface area contributed by atoms with Crippen LogP contribution in [0.2, 0.25) is 5.15 Å². The number of nitrogens with one attached hydrogen (secondary N) is 1. The first kappa shape index (κ1) is 14.0. The van der Waals surface area contributed by atoms with Crippen LogP contribution in [0.15, 0.2) is 16.6 Å². The number of hydrogen-bond acceptors (Lipinski definition) is 4. The van der Waals surface area contributed by atoms with E-state index >= 15 is 0 Å². The summed E-state index contributed by atoms with van der Waals surface area (Å²) >= 11 is 7.44. The fourth-order valence-corrected chi connectivity index (χ4v) is 6.38. The lowest BCUT2D eigenvalue weighted by atomic mass is 9.61. The van der Waals surface area contributed by atoms with Crippen LogP contribution in [0.4, 0.5) is 0 Å². The largest absolute Gasteiger partial charge is 0.279 e. The Labute approximate surface area is 132 Å². The van der Waals surface area contributed by atoms with Crippen molar-refractivity contribution < 1.29 is 8.42 Å². The third-order valence-electron chi connectivity index (χ3n) is 4.90. The third-order valence-corrected chi connectivity index (χ3v) is 7.61. The van der Waals surface area contributed by atoms with Crippen LogP contribution in [0, 0.1) is 5.92 Å². The Hall–Kier alpha value is -0.630. The van der Waals surface area contributed by atoms with Crippen LogP contribution >= 0.6 is 22.9 Å². The van der Waals surface area contributed by atoms with Gasteiger partial charge < -0.3 is 0 Å². The Morgan fingerprint density at radius 2 is 2.14 bits per heavy atom. The zero-order chi connectivity index (χ0) is 14.7. The summed E-state index contributed by atoms with van der Waals surface area (Å²) in [5.41, 5.74) is -0.249. The fourth-order valence-electron chi connectivity index (χ4n) is 3.41. The lowest BCUT2D eigenvalue weighted by molar-refractivity contribution is 0.0731. The second-order valence-corrected chi connectivity index (χ2v) is 8.84. The highest BCUT2D eigenvalue weighted by Crippen LogP contribution is 2.48. The van der Waals surface area contributed by atoms with Gasteiger partial charge in [0.25, 0.3) is 10.0 Å². The molecule has 2 fully saturated rings. The van der Waals surface area contributed by atoms with Gasteiger partial charge >= 0.3 is 0 Å². The lowest BCUT2D eigenvalue weighted by Gasteiger charge is -2.51. The maximum absolute atomic E-state index is 12.8. The maximum Gasteiger partial charge on any atom is 0.260 e. The molecule has 0 atom stereocenters. The Balaban J connectivity index is 1.73. The highest BCUT2D eigenvalue weighted by Gasteiger charge is 2.49. The van der Waals surface area contributed by atoms with Crippen molar-refractivity contribution in [2.75, 3.05) is 0 Å². The van der Waals surface area contributed by atoms with E-state index in [1.807, 2.05) is 5.38 Å². The summed E-state index contributed by atoms with van der Waals surface area (Å²) in [7, 11) is -3.66. The van der Waals surface area contributed by atoms with Crippen molar-refractivity contribution in [1.29, 1.82) is 0 Å². The van der Waals surface area contributed by atoms with Gasteiger partial charge in [-0.1, -0.05) is 18.0 Å². The van der Waals surface area contributed by atoms with Gasteiger partial charge in [0, 0.05) is 17.1 Å². The minimum absolute atomic E-state index is 0.0532. The molecule has 0 amide bonds. The molecule has 1 N–H and O–H groups in total. The quantitative estimate of drug-likeness (QED) is 0.926. The van der Waals surface area contributed by atoms with Crippen molar-refractivity contribution in [2.24, 2.45) is 5.92 Å². The highest BCUT2D eigenvalue weighted by molar-refractivity contribution is 7.89. The second-order valence-electron chi connectivity index (χ2n) is 6.01. The van der Waals surface area contributed by atoms with E-state index in [9.17, 15) is 8.42 Å². The number of thiazole rings is 1. The molecule has 0 saturated heterocycles. The van der Waals surface area contributed by atoms with Gasteiger partial charge in [0.1, 0.15) is 0 Å². The first-order chi connectivity index (χ1) is 10.0. The molecule has 114 valence electrons. The molecule has 2 aliphatic rings. The van der Waals surface area contributed by atoms with E-state index < -0.39 is 10.0 Å². The predicted octanol–water partition coefficient (Wildman–Crippen LogP) is 3.05. The van der Waals surface area contributed by atoms with E-state index in [0.717, 1.165) is 32.1 Å². The molecule has 0 unspecified atom stereocenters. The molecular weight excluding hydrogens is 330 g/mol. The van der Waals surface area contributed by atoms with Gasteiger partial charge in [-0.3, -0.25) is 4.40 Å². The number of sulfonamides is 1. The second kappa shape index (κ2) is 4.68. The summed E-state index contributed by atoms with van der Waals surface area (Å²) in [6.07, 6.45) is 8.10. The summed E-state index contributed by atoms with van der Waals surface area (Å²) in [5, 5.41) is 1.94. The standard InChI is InChI=1S/C13H16ClN3O2S2/c14-10-11(17-7-8-20-12(17)15-10)21(18,19)16-13(5-2-6-13)9-3-1-4-9/h7-9,16H,1-6H2. The first-order valence-corrected chi connectivity index (χ1v) is 9.91. The van der Waals surface area contributed by atoms with Crippen LogP contribution < -0.4 is 4.72 Å². The normalized spacial score (nSPS) is 22.1. The van der Waals surface area contributed by atoms with Gasteiger partial charge in [0.05, 0.1) is 0 Å². The van der Waals surface area contributed by atoms with E-state index in [1.54, 1.807) is 10.6 Å². The minimum Gasteiger partial charge on any atom is -0.279 e. The Bertz CT molecular complexity index is 788. The van der Waals surface area contributed by atoms with E-state index in [-0.39, 0.29) is 15.7 Å². The van der Waals surface area contributed by atoms with Crippen molar-refractivity contribution >= 4 is 37.9 Å². The van der Waals surface area contributed by atoms with Crippen molar-refractivity contribution in [1.82, 2.24) is 14.1 Å². The Morgan fingerprint density at radius 3 is 2.71 bits per heavy atom. The molecule has 2 aromatic heterocycles. The molecule has 2 aromatic rings. The van der Waals surface area contributed by atoms with Crippen LogP contribution in [0.5, 0.6) is 0 Å². The third kappa shape index (κ3) is 2.05. The van der Waals surface area contributed by atoms with Crippen LogP contribution in [-0.4, -0.2) is 23.3 Å². The Morgan fingerprint density at radius 1 is 1.38 bits per heavy atom. The number of hydrogen-bond donors (Lipinski definition) is 1. The molecule has 0 spiro atoms. The number of halogens is 1. The van der Waals surface area contributed by atoms with Crippen LogP contribution in [0.1, 0.15) is 38.5 Å². The number of imidazole rings is 1. The van der Waals surface area contributed by atoms with Gasteiger partial charge in [0.15, 0.2) is 15.1 Å². The van der Waals surface area contributed by atoms with Crippen molar-refractivity contribution in [3.8, 4) is 0 Å². The van der Waals surface area contributed by atoms with E-state index in [2.05, 4.69) is 9.71 Å². The lowest BCUT2D eigenvalue weighted by Crippen LogP contribution is -2.60. The van der Waals surface area contributed by atoms with E-state index in [1.165, 1.54) is 17.8 Å². The molecule has 5 nitrogen and oxygen atoms in total. The monoisotopic (exact) mass is 345 g/mol.